The molecule has 0 bridgehead atoms. The zero-order valence-corrected chi connectivity index (χ0v) is 17.8. The van der Waals surface area contributed by atoms with Crippen LogP contribution in [0.3, 0.4) is 0 Å². The number of ether oxygens (including phenoxy) is 1. The fraction of sp³-hybridized carbons (Fsp3) is 0.733. The Kier molecular flexibility index (Phi) is 12.9. The number of carboxylic acids is 1. The van der Waals surface area contributed by atoms with E-state index >= 15 is 0 Å². The second-order valence-electron chi connectivity index (χ2n) is 6.27. The minimum Gasteiger partial charge on any atom is -0.550 e. The van der Waals surface area contributed by atoms with Gasteiger partial charge in [-0.05, 0) is 30.8 Å². The van der Waals surface area contributed by atoms with Gasteiger partial charge >= 0.3 is 35.5 Å². The smallest absolute Gasteiger partial charge is 0.550 e. The summed E-state index contributed by atoms with van der Waals surface area (Å²) in [5, 5.41) is 8.31. The van der Waals surface area contributed by atoms with Crippen molar-refractivity contribution in [1.29, 1.82) is 0 Å². The molecule has 0 aliphatic rings. The Bertz CT molecular complexity index is 526. The van der Waals surface area contributed by atoms with Crippen molar-refractivity contribution in [1.82, 2.24) is 0 Å². The maximum Gasteiger partial charge on any atom is 1.00 e. The molecule has 0 aromatic rings. The van der Waals surface area contributed by atoms with Gasteiger partial charge in [-0.1, -0.05) is 33.3 Å². The van der Waals surface area contributed by atoms with Gasteiger partial charge in [-0.25, -0.2) is 0 Å². The molecule has 24 heavy (non-hydrogen) atoms. The number of carbonyl (C=O) groups is 2. The average Bonchev–Trinajstić information content (AvgIpc) is 2.32. The molecule has 0 fully saturated rings. The molecule has 7 nitrogen and oxygen atoms in total. The first-order valence-corrected chi connectivity index (χ1v) is 8.94. The van der Waals surface area contributed by atoms with Crippen molar-refractivity contribution in [2.45, 2.75) is 52.2 Å². The number of aliphatic carboxylic acids is 1. The molecule has 0 amide bonds. The number of carbonyl (C=O) groups excluding carboxylic acids is 2. The molecular formula is C15H25NaO7S. The molecule has 1 N–H and O–H groups in total. The van der Waals surface area contributed by atoms with Crippen LogP contribution >= 0.6 is 0 Å². The van der Waals surface area contributed by atoms with Crippen LogP contribution in [-0.4, -0.2) is 36.8 Å². The number of esters is 1. The standard InChI is InChI=1S/C15H26O7S.Na/c1-10(2)7-12(8-11(3)4)5-6-22-15(18)13(9-14(16)17)23(19,20)21;/h5,10-11,13H,6-9H2,1-4H3,(H,16,17)(H,19,20,21);/q;+1/p-1. The molecule has 0 aromatic heterocycles. The van der Waals surface area contributed by atoms with Crippen LogP contribution in [0, 0.1) is 11.8 Å². The van der Waals surface area contributed by atoms with Gasteiger partial charge in [0.25, 0.3) is 10.1 Å². The second-order valence-corrected chi connectivity index (χ2v) is 7.87. The van der Waals surface area contributed by atoms with Gasteiger partial charge in [0.1, 0.15) is 6.61 Å². The summed E-state index contributed by atoms with van der Waals surface area (Å²) in [6.07, 6.45) is 2.18. The monoisotopic (exact) mass is 372 g/mol. The van der Waals surface area contributed by atoms with Crippen LogP contribution in [-0.2, 0) is 24.4 Å². The summed E-state index contributed by atoms with van der Waals surface area (Å²) < 4.78 is 35.8. The molecular weight excluding hydrogens is 347 g/mol. The van der Waals surface area contributed by atoms with Crippen molar-refractivity contribution >= 4 is 22.1 Å². The van der Waals surface area contributed by atoms with Gasteiger partial charge in [0.2, 0.25) is 0 Å². The van der Waals surface area contributed by atoms with Crippen LogP contribution in [0.25, 0.3) is 0 Å². The third-order valence-corrected chi connectivity index (χ3v) is 3.99. The molecule has 0 aliphatic carbocycles. The quantitative estimate of drug-likeness (QED) is 0.203. The van der Waals surface area contributed by atoms with Crippen molar-refractivity contribution in [3.8, 4) is 0 Å². The summed E-state index contributed by atoms with van der Waals surface area (Å²) in [4.78, 5) is 22.1. The minimum absolute atomic E-state index is 0. The van der Waals surface area contributed by atoms with E-state index in [1.807, 2.05) is 0 Å². The summed E-state index contributed by atoms with van der Waals surface area (Å²) in [6.45, 7) is 8.03. The third kappa shape index (κ3) is 12.0. The molecule has 0 saturated carbocycles. The Morgan fingerprint density at radius 2 is 1.54 bits per heavy atom. The third-order valence-electron chi connectivity index (χ3n) is 2.91. The molecule has 0 radical (unpaired) electrons. The van der Waals surface area contributed by atoms with E-state index in [0.717, 1.165) is 18.4 Å². The number of carboxylic acid groups (broad SMARTS) is 1. The second kappa shape index (κ2) is 12.0. The van der Waals surface area contributed by atoms with Crippen LogP contribution < -0.4 is 34.7 Å². The van der Waals surface area contributed by atoms with Gasteiger partial charge in [-0.15, -0.1) is 0 Å². The predicted molar refractivity (Wildman–Crippen MR) is 82.9 cm³/mol. The maximum atomic E-state index is 11.7. The molecule has 0 rings (SSSR count). The summed E-state index contributed by atoms with van der Waals surface area (Å²) in [6, 6.07) is 0. The summed E-state index contributed by atoms with van der Waals surface area (Å²) in [7, 11) is -4.86. The van der Waals surface area contributed by atoms with Crippen LogP contribution in [0.15, 0.2) is 11.6 Å². The Balaban J connectivity index is 0. The Labute approximate surface area is 165 Å². The molecule has 9 heteroatoms. The van der Waals surface area contributed by atoms with Crippen molar-refractivity contribution in [2.24, 2.45) is 11.8 Å². The average molecular weight is 372 g/mol. The van der Waals surface area contributed by atoms with E-state index in [2.05, 4.69) is 27.7 Å². The first-order valence-electron chi connectivity index (χ1n) is 7.44. The van der Waals surface area contributed by atoms with Crippen LogP contribution in [0.4, 0.5) is 0 Å². The first kappa shape index (κ1) is 25.8. The number of allylic oxidation sites excluding steroid dienone is 1. The summed E-state index contributed by atoms with van der Waals surface area (Å²) in [5.41, 5.74) is 1.08. The zero-order chi connectivity index (χ0) is 18.2. The Morgan fingerprint density at radius 1 is 1.08 bits per heavy atom. The van der Waals surface area contributed by atoms with Gasteiger partial charge in [-0.2, -0.15) is 8.42 Å². The van der Waals surface area contributed by atoms with E-state index in [0.29, 0.717) is 11.8 Å². The fourth-order valence-electron chi connectivity index (χ4n) is 2.09. The van der Waals surface area contributed by atoms with Crippen molar-refractivity contribution in [2.75, 3.05) is 6.61 Å². The van der Waals surface area contributed by atoms with Gasteiger partial charge in [0, 0.05) is 12.4 Å². The van der Waals surface area contributed by atoms with Gasteiger partial charge in [0.05, 0.1) is 0 Å². The maximum absolute atomic E-state index is 11.7. The topological polar surface area (TPSA) is 121 Å². The van der Waals surface area contributed by atoms with E-state index in [4.69, 9.17) is 9.29 Å². The Morgan fingerprint density at radius 3 is 1.88 bits per heavy atom. The van der Waals surface area contributed by atoms with Gasteiger partial charge in [-0.3, -0.25) is 9.35 Å². The Hall–Kier alpha value is -0.410. The molecule has 0 spiro atoms. The number of hydrogen-bond donors (Lipinski definition) is 1. The minimum atomic E-state index is -4.86. The van der Waals surface area contributed by atoms with E-state index in [9.17, 15) is 23.1 Å². The van der Waals surface area contributed by atoms with Gasteiger partial charge in [0.15, 0.2) is 5.25 Å². The SMILES string of the molecule is CC(C)CC(=CCOC(=O)C(CC(=O)[O-])S(=O)(=O)O)CC(C)C.[Na+]. The zero-order valence-electron chi connectivity index (χ0n) is 14.9. The summed E-state index contributed by atoms with van der Waals surface area (Å²) >= 11 is 0. The number of rotatable bonds is 10. The van der Waals surface area contributed by atoms with Gasteiger partial charge < -0.3 is 14.6 Å². The fourth-order valence-corrected chi connectivity index (χ4v) is 2.75. The van der Waals surface area contributed by atoms with E-state index in [1.165, 1.54) is 0 Å². The van der Waals surface area contributed by atoms with Crippen molar-refractivity contribution < 1.29 is 62.0 Å². The number of hydrogen-bond acceptors (Lipinski definition) is 6. The van der Waals surface area contributed by atoms with E-state index in [1.54, 1.807) is 6.08 Å². The van der Waals surface area contributed by atoms with Crippen LogP contribution in [0.1, 0.15) is 47.0 Å². The molecule has 0 aromatic carbocycles. The predicted octanol–water partition coefficient (Wildman–Crippen LogP) is -2.05. The molecule has 0 heterocycles. The van der Waals surface area contributed by atoms with E-state index < -0.39 is 33.7 Å². The van der Waals surface area contributed by atoms with Crippen LogP contribution in [0.5, 0.6) is 0 Å². The van der Waals surface area contributed by atoms with E-state index in [-0.39, 0.29) is 36.2 Å². The summed E-state index contributed by atoms with van der Waals surface area (Å²) in [5.74, 6) is -2.24. The normalized spacial score (nSPS) is 12.5. The molecule has 1 unspecified atom stereocenters. The van der Waals surface area contributed by atoms with Crippen molar-refractivity contribution in [3.05, 3.63) is 11.6 Å². The molecule has 0 aliphatic heterocycles. The molecule has 0 saturated heterocycles. The molecule has 1 atom stereocenters. The largest absolute Gasteiger partial charge is 1.00 e. The van der Waals surface area contributed by atoms with Crippen LogP contribution in [0.2, 0.25) is 0 Å². The van der Waals surface area contributed by atoms with Crippen molar-refractivity contribution in [3.63, 3.8) is 0 Å². The molecule has 134 valence electrons. The first-order chi connectivity index (χ1) is 10.4.